The number of aryl methyl sites for hydroxylation is 3. The molecule has 4 N–H and O–H groups in total. The zero-order valence-corrected chi connectivity index (χ0v) is 11.3. The van der Waals surface area contributed by atoms with E-state index < -0.39 is 6.03 Å². The first-order valence-corrected chi connectivity index (χ1v) is 5.85. The average molecular weight is 248 g/mol. The summed E-state index contributed by atoms with van der Waals surface area (Å²) >= 11 is 0. The number of amides is 2. The van der Waals surface area contributed by atoms with Crippen LogP contribution >= 0.6 is 0 Å². The van der Waals surface area contributed by atoms with Gasteiger partial charge in [-0.15, -0.1) is 0 Å². The first-order chi connectivity index (χ1) is 8.36. The van der Waals surface area contributed by atoms with Gasteiger partial charge in [-0.05, 0) is 31.4 Å². The van der Waals surface area contributed by atoms with Crippen LogP contribution in [-0.4, -0.2) is 19.0 Å². The van der Waals surface area contributed by atoms with Crippen molar-refractivity contribution in [2.24, 2.45) is 5.73 Å². The van der Waals surface area contributed by atoms with Crippen molar-refractivity contribution in [1.29, 1.82) is 5.41 Å². The number of nitrogens with zero attached hydrogens (tertiary/aromatic N) is 1. The van der Waals surface area contributed by atoms with E-state index in [0.717, 1.165) is 23.2 Å². The summed E-state index contributed by atoms with van der Waals surface area (Å²) in [7, 11) is 1.68. The van der Waals surface area contributed by atoms with Gasteiger partial charge in [-0.25, -0.2) is 4.79 Å². The molecular weight excluding hydrogens is 228 g/mol. The monoisotopic (exact) mass is 248 g/mol. The van der Waals surface area contributed by atoms with E-state index in [1.807, 2.05) is 19.9 Å². The Morgan fingerprint density at radius 1 is 1.44 bits per heavy atom. The molecule has 0 heterocycles. The second-order valence-corrected chi connectivity index (χ2v) is 4.35. The van der Waals surface area contributed by atoms with Crippen LogP contribution in [-0.2, 0) is 6.42 Å². The van der Waals surface area contributed by atoms with Gasteiger partial charge in [0.25, 0.3) is 0 Å². The van der Waals surface area contributed by atoms with Crippen LogP contribution in [0.3, 0.4) is 0 Å². The van der Waals surface area contributed by atoms with Gasteiger partial charge in [0.15, 0.2) is 5.96 Å². The standard InChI is InChI=1S/C13H20N4O/c1-5-10-7-8(2)6-9(3)11(10)17(4)13(18)16-12(14)15/h6-7H,5H2,1-4H3,(H4,14,15,16,18). The Balaban J connectivity index is 3.15. The van der Waals surface area contributed by atoms with Crippen LogP contribution in [0, 0.1) is 19.3 Å². The van der Waals surface area contributed by atoms with Crippen molar-refractivity contribution >= 4 is 17.7 Å². The number of guanidine groups is 1. The molecule has 0 atom stereocenters. The summed E-state index contributed by atoms with van der Waals surface area (Å²) < 4.78 is 0. The minimum atomic E-state index is -0.399. The Morgan fingerprint density at radius 3 is 2.56 bits per heavy atom. The van der Waals surface area contributed by atoms with E-state index in [-0.39, 0.29) is 5.96 Å². The molecule has 0 spiro atoms. The van der Waals surface area contributed by atoms with Gasteiger partial charge in [-0.1, -0.05) is 24.6 Å². The highest BCUT2D eigenvalue weighted by molar-refractivity contribution is 6.02. The first-order valence-electron chi connectivity index (χ1n) is 5.85. The molecule has 0 aromatic heterocycles. The molecule has 0 fully saturated rings. The molecule has 0 saturated heterocycles. The molecule has 98 valence electrons. The fourth-order valence-electron chi connectivity index (χ4n) is 2.10. The van der Waals surface area contributed by atoms with Crippen LogP contribution in [0.5, 0.6) is 0 Å². The van der Waals surface area contributed by atoms with Gasteiger partial charge in [0.05, 0.1) is 5.69 Å². The molecule has 5 heteroatoms. The highest BCUT2D eigenvalue weighted by Crippen LogP contribution is 2.26. The van der Waals surface area contributed by atoms with Gasteiger partial charge < -0.3 is 5.73 Å². The largest absolute Gasteiger partial charge is 0.370 e. The van der Waals surface area contributed by atoms with E-state index in [4.69, 9.17) is 11.1 Å². The number of nitrogens with one attached hydrogen (secondary N) is 2. The van der Waals surface area contributed by atoms with Gasteiger partial charge in [-0.3, -0.25) is 15.6 Å². The minimum absolute atomic E-state index is 0.352. The first kappa shape index (κ1) is 14.0. The number of hydrogen-bond donors (Lipinski definition) is 3. The summed E-state index contributed by atoms with van der Waals surface area (Å²) in [6.07, 6.45) is 0.843. The van der Waals surface area contributed by atoms with Gasteiger partial charge in [0.1, 0.15) is 0 Å². The van der Waals surface area contributed by atoms with Crippen LogP contribution in [0.15, 0.2) is 12.1 Å². The predicted octanol–water partition coefficient (Wildman–Crippen LogP) is 1.91. The molecule has 0 bridgehead atoms. The van der Waals surface area contributed by atoms with Crippen molar-refractivity contribution in [1.82, 2.24) is 5.32 Å². The van der Waals surface area contributed by atoms with Gasteiger partial charge in [-0.2, -0.15) is 0 Å². The fourth-order valence-corrected chi connectivity index (χ4v) is 2.10. The van der Waals surface area contributed by atoms with E-state index in [9.17, 15) is 4.79 Å². The number of anilines is 1. The number of urea groups is 1. The molecule has 0 aliphatic rings. The van der Waals surface area contributed by atoms with Gasteiger partial charge in [0.2, 0.25) is 0 Å². The number of benzene rings is 1. The maximum absolute atomic E-state index is 11.9. The van der Waals surface area contributed by atoms with Crippen LogP contribution in [0.25, 0.3) is 0 Å². The smallest absolute Gasteiger partial charge is 0.328 e. The lowest BCUT2D eigenvalue weighted by molar-refractivity contribution is 0.251. The number of nitrogens with two attached hydrogens (primary N) is 1. The maximum Gasteiger partial charge on any atom is 0.328 e. The molecule has 0 unspecified atom stereocenters. The molecule has 5 nitrogen and oxygen atoms in total. The molecule has 0 saturated carbocycles. The zero-order valence-electron chi connectivity index (χ0n) is 11.3. The third-order valence-corrected chi connectivity index (χ3v) is 2.79. The van der Waals surface area contributed by atoms with E-state index in [1.165, 1.54) is 10.5 Å². The summed E-state index contributed by atoms with van der Waals surface area (Å²) in [6, 6.07) is 3.70. The van der Waals surface area contributed by atoms with E-state index in [1.54, 1.807) is 7.05 Å². The zero-order chi connectivity index (χ0) is 13.9. The molecular formula is C13H20N4O. The molecule has 0 radical (unpaired) electrons. The van der Waals surface area contributed by atoms with E-state index in [2.05, 4.69) is 18.3 Å². The van der Waals surface area contributed by atoms with Crippen molar-refractivity contribution in [3.05, 3.63) is 28.8 Å². The van der Waals surface area contributed by atoms with Crippen LogP contribution < -0.4 is 16.0 Å². The second kappa shape index (κ2) is 5.53. The Morgan fingerprint density at radius 2 is 2.06 bits per heavy atom. The second-order valence-electron chi connectivity index (χ2n) is 4.35. The highest BCUT2D eigenvalue weighted by atomic mass is 16.2. The molecule has 2 amide bonds. The summed E-state index contributed by atoms with van der Waals surface area (Å²) in [6.45, 7) is 6.05. The van der Waals surface area contributed by atoms with Crippen LogP contribution in [0.2, 0.25) is 0 Å². The van der Waals surface area contributed by atoms with E-state index >= 15 is 0 Å². The van der Waals surface area contributed by atoms with E-state index in [0.29, 0.717) is 0 Å². The lowest BCUT2D eigenvalue weighted by Gasteiger charge is -2.23. The molecule has 1 aromatic rings. The Hall–Kier alpha value is -2.04. The van der Waals surface area contributed by atoms with Crippen molar-refractivity contribution in [3.63, 3.8) is 0 Å². The highest BCUT2D eigenvalue weighted by Gasteiger charge is 2.16. The minimum Gasteiger partial charge on any atom is -0.370 e. The number of carbonyl (C=O) groups is 1. The third kappa shape index (κ3) is 3.00. The van der Waals surface area contributed by atoms with Crippen molar-refractivity contribution < 1.29 is 4.79 Å². The number of hydrogen-bond acceptors (Lipinski definition) is 2. The summed E-state index contributed by atoms with van der Waals surface area (Å²) in [5.74, 6) is -0.352. The normalized spacial score (nSPS) is 10.0. The quantitative estimate of drug-likeness (QED) is 0.552. The lowest BCUT2D eigenvalue weighted by atomic mass is 10.0. The van der Waals surface area contributed by atoms with Crippen molar-refractivity contribution in [2.45, 2.75) is 27.2 Å². The SMILES string of the molecule is CCc1cc(C)cc(C)c1N(C)C(=O)NC(=N)N. The lowest BCUT2D eigenvalue weighted by Crippen LogP contribution is -2.44. The molecule has 0 aliphatic heterocycles. The fraction of sp³-hybridized carbons (Fsp3) is 0.385. The molecule has 0 aliphatic carbocycles. The summed E-state index contributed by atoms with van der Waals surface area (Å²) in [4.78, 5) is 13.3. The molecule has 1 aromatic carbocycles. The van der Waals surface area contributed by atoms with Crippen molar-refractivity contribution in [2.75, 3.05) is 11.9 Å². The third-order valence-electron chi connectivity index (χ3n) is 2.79. The van der Waals surface area contributed by atoms with Crippen molar-refractivity contribution in [3.8, 4) is 0 Å². The maximum atomic E-state index is 11.9. The topological polar surface area (TPSA) is 82.2 Å². The Kier molecular flexibility index (Phi) is 4.31. The predicted molar refractivity (Wildman–Crippen MR) is 74.1 cm³/mol. The van der Waals surface area contributed by atoms with Crippen LogP contribution in [0.4, 0.5) is 10.5 Å². The summed E-state index contributed by atoms with van der Waals surface area (Å²) in [5.41, 5.74) is 9.36. The summed E-state index contributed by atoms with van der Waals surface area (Å²) in [5, 5.41) is 9.37. The number of carbonyl (C=O) groups excluding carboxylic acids is 1. The molecule has 18 heavy (non-hydrogen) atoms. The Bertz CT molecular complexity index is 482. The van der Waals surface area contributed by atoms with Crippen LogP contribution in [0.1, 0.15) is 23.6 Å². The molecule has 1 rings (SSSR count). The number of rotatable bonds is 2. The van der Waals surface area contributed by atoms with Gasteiger partial charge >= 0.3 is 6.03 Å². The average Bonchev–Trinajstić information content (AvgIpc) is 2.26. The van der Waals surface area contributed by atoms with Gasteiger partial charge in [0, 0.05) is 7.05 Å². The Labute approximate surface area is 107 Å².